The Morgan fingerprint density at radius 2 is 1.14 bits per heavy atom. The first kappa shape index (κ1) is 59.0. The van der Waals surface area contributed by atoms with Crippen molar-refractivity contribution in [3.05, 3.63) is 134 Å². The third-order valence-corrected chi connectivity index (χ3v) is 9.43. The smallest absolute Gasteiger partial charge is 0.462 e. The third-order valence-electron chi connectivity index (χ3n) is 8.48. The summed E-state index contributed by atoms with van der Waals surface area (Å²) in [5.41, 5.74) is 0. The minimum absolute atomic E-state index is 0.00854. The number of hydrogen-bond acceptors (Lipinski definition) is 11. The molecule has 354 valence electrons. The largest absolute Gasteiger partial charge is 0.472 e. The number of unbranched alkanes of at least 4 members (excludes halogenated alkanes) is 4. The van der Waals surface area contributed by atoms with Gasteiger partial charge in [-0.3, -0.25) is 18.6 Å². The van der Waals surface area contributed by atoms with Gasteiger partial charge in [-0.15, -0.1) is 0 Å². The summed E-state index contributed by atoms with van der Waals surface area (Å²) in [6, 6.07) is 0. The Balaban J connectivity index is 4.67. The lowest BCUT2D eigenvalue weighted by Crippen LogP contribution is -2.29. The number of aliphatic hydroxyl groups excluding tert-OH is 4. The summed E-state index contributed by atoms with van der Waals surface area (Å²) in [5.74, 6) is -1.22. The maximum Gasteiger partial charge on any atom is 0.472 e. The molecule has 0 heterocycles. The van der Waals surface area contributed by atoms with E-state index in [9.17, 15) is 34.4 Å². The van der Waals surface area contributed by atoms with E-state index < -0.39 is 70.6 Å². The molecule has 0 saturated heterocycles. The fourth-order valence-electron chi connectivity index (χ4n) is 5.01. The van der Waals surface area contributed by atoms with E-state index in [0.717, 1.165) is 32.1 Å². The van der Waals surface area contributed by atoms with E-state index in [1.165, 1.54) is 19.3 Å². The lowest BCUT2D eigenvalue weighted by Gasteiger charge is -2.20. The van der Waals surface area contributed by atoms with Gasteiger partial charge in [0.15, 0.2) is 6.10 Å². The van der Waals surface area contributed by atoms with Crippen molar-refractivity contribution in [1.29, 1.82) is 0 Å². The molecule has 0 aromatic heterocycles. The van der Waals surface area contributed by atoms with Crippen molar-refractivity contribution in [3.63, 3.8) is 0 Å². The normalized spacial score (nSPS) is 16.0. The van der Waals surface area contributed by atoms with E-state index in [4.69, 9.17) is 19.1 Å². The molecule has 5 N–H and O–H groups in total. The van der Waals surface area contributed by atoms with Crippen LogP contribution in [0.5, 0.6) is 0 Å². The highest BCUT2D eigenvalue weighted by Gasteiger charge is 2.27. The fourth-order valence-corrected chi connectivity index (χ4v) is 5.80. The topological polar surface area (TPSA) is 189 Å². The molecule has 0 saturated carbocycles. The van der Waals surface area contributed by atoms with Crippen LogP contribution in [-0.4, -0.2) is 88.1 Å². The van der Waals surface area contributed by atoms with E-state index in [1.807, 2.05) is 67.7 Å². The number of phosphoric acid groups is 1. The van der Waals surface area contributed by atoms with Crippen molar-refractivity contribution in [2.24, 2.45) is 0 Å². The van der Waals surface area contributed by atoms with Gasteiger partial charge in [-0.05, 0) is 77.0 Å². The number of rotatable bonds is 39. The van der Waals surface area contributed by atoms with E-state index in [-0.39, 0.29) is 12.8 Å². The molecule has 12 nitrogen and oxygen atoms in total. The highest BCUT2D eigenvalue weighted by atomic mass is 31.2. The van der Waals surface area contributed by atoms with Gasteiger partial charge in [0.05, 0.1) is 32.0 Å². The summed E-state index contributed by atoms with van der Waals surface area (Å²) in [4.78, 5) is 35.0. The lowest BCUT2D eigenvalue weighted by molar-refractivity contribution is -0.161. The van der Waals surface area contributed by atoms with Gasteiger partial charge in [0, 0.05) is 12.8 Å². The Hall–Kier alpha value is -3.97. The van der Waals surface area contributed by atoms with Crippen LogP contribution in [0.2, 0.25) is 0 Å². The van der Waals surface area contributed by atoms with Crippen molar-refractivity contribution < 1.29 is 58.0 Å². The minimum Gasteiger partial charge on any atom is -0.462 e. The molecule has 63 heavy (non-hydrogen) atoms. The molecule has 0 aliphatic rings. The number of ether oxygens (including phenoxy) is 2. The number of hydrogen-bond donors (Lipinski definition) is 5. The van der Waals surface area contributed by atoms with Crippen molar-refractivity contribution in [2.75, 3.05) is 26.4 Å². The summed E-state index contributed by atoms with van der Waals surface area (Å²) >= 11 is 0. The number of esters is 2. The molecule has 0 radical (unpaired) electrons. The molecule has 0 fully saturated rings. The molecule has 0 bridgehead atoms. The van der Waals surface area contributed by atoms with Crippen molar-refractivity contribution >= 4 is 19.8 Å². The molecular formula is C50H77O12P. The highest BCUT2D eigenvalue weighted by Crippen LogP contribution is 2.43. The van der Waals surface area contributed by atoms with Crippen LogP contribution in [0, 0.1) is 0 Å². The number of allylic oxidation sites excluding steroid dienone is 18. The monoisotopic (exact) mass is 901 g/mol. The molecule has 0 aliphatic carbocycles. The van der Waals surface area contributed by atoms with Crippen LogP contribution in [0.25, 0.3) is 0 Å². The Morgan fingerprint density at radius 3 is 1.76 bits per heavy atom. The van der Waals surface area contributed by atoms with Crippen LogP contribution in [-0.2, 0) is 32.7 Å². The van der Waals surface area contributed by atoms with E-state index in [2.05, 4.69) is 54.0 Å². The van der Waals surface area contributed by atoms with Gasteiger partial charge in [0.25, 0.3) is 0 Å². The number of phosphoric ester groups is 1. The molecule has 0 spiro atoms. The molecule has 5 atom stereocenters. The molecular weight excluding hydrogens is 824 g/mol. The Morgan fingerprint density at radius 1 is 0.571 bits per heavy atom. The second-order valence-electron chi connectivity index (χ2n) is 14.4. The average molecular weight is 901 g/mol. The second kappa shape index (κ2) is 43.3. The Bertz CT molecular complexity index is 1530. The van der Waals surface area contributed by atoms with Crippen molar-refractivity contribution in [1.82, 2.24) is 0 Å². The van der Waals surface area contributed by atoms with Crippen LogP contribution in [0.4, 0.5) is 0 Å². The van der Waals surface area contributed by atoms with Gasteiger partial charge < -0.3 is 34.8 Å². The quantitative estimate of drug-likeness (QED) is 0.0129. The first-order chi connectivity index (χ1) is 30.5. The predicted molar refractivity (Wildman–Crippen MR) is 253 cm³/mol. The molecule has 1 unspecified atom stereocenters. The summed E-state index contributed by atoms with van der Waals surface area (Å²) in [7, 11) is -4.70. The van der Waals surface area contributed by atoms with Gasteiger partial charge in [0.1, 0.15) is 12.7 Å². The Kier molecular flexibility index (Phi) is 40.6. The minimum atomic E-state index is -4.70. The van der Waals surface area contributed by atoms with Gasteiger partial charge in [0.2, 0.25) is 0 Å². The van der Waals surface area contributed by atoms with Crippen molar-refractivity contribution in [2.45, 2.75) is 141 Å². The van der Waals surface area contributed by atoms with Crippen molar-refractivity contribution in [3.8, 4) is 0 Å². The summed E-state index contributed by atoms with van der Waals surface area (Å²) < 4.78 is 32.5. The molecule has 0 aliphatic heterocycles. The summed E-state index contributed by atoms with van der Waals surface area (Å²) in [6.07, 6.45) is 50.7. The van der Waals surface area contributed by atoms with Gasteiger partial charge >= 0.3 is 19.8 Å². The van der Waals surface area contributed by atoms with Crippen LogP contribution in [0.1, 0.15) is 117 Å². The molecule has 13 heteroatoms. The molecule has 0 rings (SSSR count). The first-order valence-corrected chi connectivity index (χ1v) is 23.9. The fraction of sp³-hybridized carbons (Fsp3) is 0.520. The van der Waals surface area contributed by atoms with Crippen LogP contribution >= 0.6 is 7.82 Å². The number of carbonyl (C=O) groups is 2. The van der Waals surface area contributed by atoms with E-state index in [0.29, 0.717) is 38.5 Å². The van der Waals surface area contributed by atoms with Gasteiger partial charge in [-0.25, -0.2) is 4.57 Å². The second-order valence-corrected chi connectivity index (χ2v) is 15.8. The molecule has 0 aromatic carbocycles. The Labute approximate surface area is 377 Å². The summed E-state index contributed by atoms with van der Waals surface area (Å²) in [6.45, 7) is 1.82. The zero-order chi connectivity index (χ0) is 46.5. The number of carbonyl (C=O) groups excluding carboxylic acids is 2. The van der Waals surface area contributed by atoms with Crippen LogP contribution in [0.3, 0.4) is 0 Å². The first-order valence-electron chi connectivity index (χ1n) is 22.4. The SMILES string of the molecule is CC/C=C\C[C@@H](O)/C=C/C=C\C/C=C\C=C\[C@@H](O)/C=C\CCCC(=O)OC[C@H](COP(=O)(O)OC[C@@H](O)CO)OC(=O)CC/C=C\C/C=C\C/C=C\C/C=C\C/C=C\CCCCC. The summed E-state index contributed by atoms with van der Waals surface area (Å²) in [5, 5.41) is 38.3. The zero-order valence-electron chi connectivity index (χ0n) is 37.7. The third kappa shape index (κ3) is 43.1. The zero-order valence-corrected chi connectivity index (χ0v) is 38.6. The molecule has 0 amide bonds. The maximum absolute atomic E-state index is 12.6. The maximum atomic E-state index is 12.6. The van der Waals surface area contributed by atoms with Crippen LogP contribution < -0.4 is 0 Å². The lowest BCUT2D eigenvalue weighted by atomic mass is 10.2. The van der Waals surface area contributed by atoms with Gasteiger partial charge in [-0.2, -0.15) is 0 Å². The van der Waals surface area contributed by atoms with Crippen LogP contribution in [0.15, 0.2) is 134 Å². The highest BCUT2D eigenvalue weighted by molar-refractivity contribution is 7.47. The van der Waals surface area contributed by atoms with Gasteiger partial charge in [-0.1, -0.05) is 160 Å². The van der Waals surface area contributed by atoms with E-state index >= 15 is 0 Å². The van der Waals surface area contributed by atoms with E-state index in [1.54, 1.807) is 30.4 Å². The standard InChI is InChI=1S/C50H77O12P/c1-3-5-7-8-9-10-11-12-13-14-15-16-17-18-19-20-24-27-33-40-50(56)62-48(44-61-63(57,58)60-42-47(54)41-51)43-59-49(55)39-34-28-32-38-46(53)37-31-26-23-21-22-25-30-36-45(52)35-29-6-4-2/h6,9-10,12-13,15-16,18-19,22-27,29-32,36-38,45-48,51-54H,3-5,7-8,11,14,17,20-21,28,33-35,39-44H2,1-2H3,(H,57,58)/b10-9-,13-12-,16-15-,19-18-,25-22-,26-23-,27-24-,29-6-,36-30+,37-31+,38-32-/t45-,46-,47+,48-/m1/s1. The number of aliphatic hydroxyl groups is 4. The predicted octanol–water partition coefficient (Wildman–Crippen LogP) is 10.0. The average Bonchev–Trinajstić information content (AvgIpc) is 3.26. The molecule has 0 aromatic rings.